The molecule has 1 fully saturated rings. The third-order valence-electron chi connectivity index (χ3n) is 5.95. The Morgan fingerprint density at radius 3 is 2.68 bits per heavy atom. The number of aryl methyl sites for hydroxylation is 1. The Morgan fingerprint density at radius 1 is 1.06 bits per heavy atom. The van der Waals surface area contributed by atoms with E-state index >= 15 is 0 Å². The second kappa shape index (κ2) is 10.2. The largest absolute Gasteiger partial charge is 0.496 e. The molecule has 2 heterocycles. The van der Waals surface area contributed by atoms with E-state index < -0.39 is 0 Å². The van der Waals surface area contributed by atoms with Gasteiger partial charge in [0.1, 0.15) is 5.75 Å². The first kappa shape index (κ1) is 21.0. The van der Waals surface area contributed by atoms with E-state index in [0.717, 1.165) is 54.9 Å². The summed E-state index contributed by atoms with van der Waals surface area (Å²) in [7, 11) is 1.67. The van der Waals surface area contributed by atoms with Crippen molar-refractivity contribution < 1.29 is 9.53 Å². The lowest BCUT2D eigenvalue weighted by Gasteiger charge is -2.33. The Balaban J connectivity index is 1.45. The van der Waals surface area contributed by atoms with Gasteiger partial charge >= 0.3 is 0 Å². The van der Waals surface area contributed by atoms with Gasteiger partial charge in [0.2, 0.25) is 5.91 Å². The Labute approximate surface area is 184 Å². The van der Waals surface area contributed by atoms with E-state index in [-0.39, 0.29) is 11.8 Å². The van der Waals surface area contributed by atoms with Crippen molar-refractivity contribution in [2.45, 2.75) is 38.0 Å². The lowest BCUT2D eigenvalue weighted by molar-refractivity contribution is -0.132. The number of nitrogens with zero attached hydrogens (tertiary/aromatic N) is 3. The molecular formula is C26H29N3O2. The van der Waals surface area contributed by atoms with Crippen LogP contribution >= 0.6 is 0 Å². The molecule has 0 bridgehead atoms. The Hall–Kier alpha value is -3.21. The van der Waals surface area contributed by atoms with Crippen molar-refractivity contribution >= 4 is 5.91 Å². The number of hydrogen-bond donors (Lipinski definition) is 0. The molecule has 0 N–H and O–H groups in total. The molecule has 1 atom stereocenters. The number of hydrogen-bond acceptors (Lipinski definition) is 4. The van der Waals surface area contributed by atoms with Crippen LogP contribution in [0.1, 0.15) is 42.9 Å². The predicted molar refractivity (Wildman–Crippen MR) is 122 cm³/mol. The number of rotatable bonds is 7. The minimum Gasteiger partial charge on any atom is -0.496 e. The number of carbonyl (C=O) groups is 1. The maximum atomic E-state index is 12.9. The summed E-state index contributed by atoms with van der Waals surface area (Å²) < 4.78 is 5.55. The molecule has 1 aliphatic rings. The molecule has 0 saturated carbocycles. The Bertz CT molecular complexity index is 1010. The molecule has 1 saturated heterocycles. The van der Waals surface area contributed by atoms with Gasteiger partial charge in [-0.3, -0.25) is 14.8 Å². The van der Waals surface area contributed by atoms with Gasteiger partial charge in [0.05, 0.1) is 18.5 Å². The summed E-state index contributed by atoms with van der Waals surface area (Å²) in [5.74, 6) is 1.21. The van der Waals surface area contributed by atoms with Gasteiger partial charge < -0.3 is 9.64 Å². The van der Waals surface area contributed by atoms with Crippen LogP contribution in [0.4, 0.5) is 0 Å². The molecule has 0 aliphatic carbocycles. The molecule has 1 aliphatic heterocycles. The molecule has 2 aromatic carbocycles. The third-order valence-corrected chi connectivity index (χ3v) is 5.95. The smallest absolute Gasteiger partial charge is 0.222 e. The minimum atomic E-state index is 0.181. The Kier molecular flexibility index (Phi) is 6.92. The zero-order valence-electron chi connectivity index (χ0n) is 18.0. The minimum absolute atomic E-state index is 0.181. The van der Waals surface area contributed by atoms with Crippen LogP contribution in [-0.4, -0.2) is 41.0 Å². The lowest BCUT2D eigenvalue weighted by atomic mass is 9.91. The van der Waals surface area contributed by atoms with Gasteiger partial charge in [-0.2, -0.15) is 0 Å². The van der Waals surface area contributed by atoms with Crippen molar-refractivity contribution in [1.29, 1.82) is 0 Å². The van der Waals surface area contributed by atoms with E-state index in [1.165, 1.54) is 5.56 Å². The molecule has 5 nitrogen and oxygen atoms in total. The molecule has 0 radical (unpaired) electrons. The van der Waals surface area contributed by atoms with Crippen molar-refractivity contribution in [2.75, 3.05) is 20.2 Å². The molecule has 0 spiro atoms. The topological polar surface area (TPSA) is 55.3 Å². The van der Waals surface area contributed by atoms with Crippen molar-refractivity contribution in [2.24, 2.45) is 0 Å². The maximum Gasteiger partial charge on any atom is 0.222 e. The summed E-state index contributed by atoms with van der Waals surface area (Å²) in [4.78, 5) is 24.2. The predicted octanol–water partition coefficient (Wildman–Crippen LogP) is 4.88. The number of para-hydroxylation sites is 1. The van der Waals surface area contributed by atoms with Crippen LogP contribution in [0.5, 0.6) is 5.75 Å². The monoisotopic (exact) mass is 415 g/mol. The van der Waals surface area contributed by atoms with Crippen molar-refractivity contribution in [3.63, 3.8) is 0 Å². The van der Waals surface area contributed by atoms with Crippen LogP contribution in [0.25, 0.3) is 11.3 Å². The summed E-state index contributed by atoms with van der Waals surface area (Å²) in [5, 5.41) is 0. The Morgan fingerprint density at radius 2 is 1.84 bits per heavy atom. The molecule has 1 aromatic heterocycles. The van der Waals surface area contributed by atoms with Gasteiger partial charge in [0.15, 0.2) is 0 Å². The van der Waals surface area contributed by atoms with Gasteiger partial charge in [0, 0.05) is 43.4 Å². The van der Waals surface area contributed by atoms with Gasteiger partial charge in [0.25, 0.3) is 0 Å². The first-order valence-corrected chi connectivity index (χ1v) is 11.0. The van der Waals surface area contributed by atoms with Crippen molar-refractivity contribution in [3.8, 4) is 17.0 Å². The zero-order valence-corrected chi connectivity index (χ0v) is 18.0. The summed E-state index contributed by atoms with van der Waals surface area (Å²) in [6.45, 7) is 1.52. The summed E-state index contributed by atoms with van der Waals surface area (Å²) in [5.41, 5.74) is 4.03. The summed E-state index contributed by atoms with van der Waals surface area (Å²) in [6, 6.07) is 18.3. The number of carbonyl (C=O) groups excluding carboxylic acids is 1. The average Bonchev–Trinajstić information content (AvgIpc) is 2.84. The van der Waals surface area contributed by atoms with Crippen LogP contribution in [0, 0.1) is 0 Å². The fourth-order valence-electron chi connectivity index (χ4n) is 4.37. The number of piperidine rings is 1. The van der Waals surface area contributed by atoms with Crippen LogP contribution < -0.4 is 4.74 Å². The molecule has 3 aromatic rings. The van der Waals surface area contributed by atoms with Crippen LogP contribution in [0.3, 0.4) is 0 Å². The van der Waals surface area contributed by atoms with E-state index in [1.807, 2.05) is 47.4 Å². The molecule has 1 amide bonds. The maximum absolute atomic E-state index is 12.9. The van der Waals surface area contributed by atoms with E-state index in [2.05, 4.69) is 17.1 Å². The van der Waals surface area contributed by atoms with Gasteiger partial charge in [-0.25, -0.2) is 0 Å². The number of likely N-dealkylation sites (tertiary alicyclic amines) is 1. The first-order valence-electron chi connectivity index (χ1n) is 11.0. The average molecular weight is 416 g/mol. The number of benzene rings is 2. The van der Waals surface area contributed by atoms with Crippen molar-refractivity contribution in [1.82, 2.24) is 14.9 Å². The second-order valence-electron chi connectivity index (χ2n) is 8.01. The highest BCUT2D eigenvalue weighted by atomic mass is 16.5. The summed E-state index contributed by atoms with van der Waals surface area (Å²) in [6.07, 6.45) is 7.86. The SMILES string of the molecule is COc1ccccc1-c1nccnc1C1CCCN(C(=O)CCCc2ccccc2)C1. The molecule has 160 valence electrons. The molecule has 1 unspecified atom stereocenters. The van der Waals surface area contributed by atoms with Crippen LogP contribution in [0.15, 0.2) is 67.0 Å². The van der Waals surface area contributed by atoms with Gasteiger partial charge in [-0.1, -0.05) is 42.5 Å². The number of amides is 1. The highest BCUT2D eigenvalue weighted by Gasteiger charge is 2.28. The lowest BCUT2D eigenvalue weighted by Crippen LogP contribution is -2.39. The number of methoxy groups -OCH3 is 1. The van der Waals surface area contributed by atoms with Crippen LogP contribution in [0.2, 0.25) is 0 Å². The van der Waals surface area contributed by atoms with Gasteiger partial charge in [-0.05, 0) is 43.4 Å². The third kappa shape index (κ3) is 5.10. The fourth-order valence-corrected chi connectivity index (χ4v) is 4.37. The highest BCUT2D eigenvalue weighted by molar-refractivity contribution is 5.76. The quantitative estimate of drug-likeness (QED) is 0.552. The van der Waals surface area contributed by atoms with Gasteiger partial charge in [-0.15, -0.1) is 0 Å². The number of ether oxygens (including phenoxy) is 1. The van der Waals surface area contributed by atoms with E-state index in [1.54, 1.807) is 19.5 Å². The number of aromatic nitrogens is 2. The fraction of sp³-hybridized carbons (Fsp3) is 0.346. The van der Waals surface area contributed by atoms with E-state index in [0.29, 0.717) is 13.0 Å². The molecular weight excluding hydrogens is 386 g/mol. The van der Waals surface area contributed by atoms with Crippen molar-refractivity contribution in [3.05, 3.63) is 78.2 Å². The molecule has 5 heteroatoms. The summed E-state index contributed by atoms with van der Waals surface area (Å²) >= 11 is 0. The normalized spacial score (nSPS) is 16.2. The van der Waals surface area contributed by atoms with E-state index in [4.69, 9.17) is 9.72 Å². The second-order valence-corrected chi connectivity index (χ2v) is 8.01. The molecule has 31 heavy (non-hydrogen) atoms. The van der Waals surface area contributed by atoms with E-state index in [9.17, 15) is 4.79 Å². The van der Waals surface area contributed by atoms with Crippen LogP contribution in [-0.2, 0) is 11.2 Å². The first-order chi connectivity index (χ1) is 15.3. The highest BCUT2D eigenvalue weighted by Crippen LogP contribution is 2.35. The zero-order chi connectivity index (χ0) is 21.5. The molecule has 4 rings (SSSR count). The standard InChI is InChI=1S/C26H29N3O2/c1-31-23-14-6-5-13-22(23)26-25(27-16-17-28-26)21-12-8-18-29(19-21)24(30)15-7-11-20-9-3-2-4-10-20/h2-6,9-10,13-14,16-17,21H,7-8,11-12,15,18-19H2,1H3.